The van der Waals surface area contributed by atoms with Gasteiger partial charge in [0.1, 0.15) is 17.5 Å². The summed E-state index contributed by atoms with van der Waals surface area (Å²) in [5.74, 6) is -1.65. The van der Waals surface area contributed by atoms with E-state index in [2.05, 4.69) is 21.2 Å². The van der Waals surface area contributed by atoms with Gasteiger partial charge in [0.2, 0.25) is 0 Å². The highest BCUT2D eigenvalue weighted by Crippen LogP contribution is 2.26. The zero-order valence-corrected chi connectivity index (χ0v) is 13.1. The van der Waals surface area contributed by atoms with Crippen LogP contribution in [0.1, 0.15) is 24.1 Å². The molecule has 0 amide bonds. The number of hydrogen-bond acceptors (Lipinski definition) is 1. The molecule has 0 saturated carbocycles. The Hall–Kier alpha value is -1.33. The first kappa shape index (κ1) is 16.0. The first-order chi connectivity index (χ1) is 10.0. The molecule has 1 nitrogen and oxygen atoms in total. The molecule has 0 aliphatic carbocycles. The van der Waals surface area contributed by atoms with Crippen molar-refractivity contribution >= 4 is 15.9 Å². The lowest BCUT2D eigenvalue weighted by Crippen LogP contribution is -2.25. The third-order valence-electron chi connectivity index (χ3n) is 3.24. The first-order valence-corrected chi connectivity index (χ1v) is 7.43. The maximum atomic E-state index is 13.9. The second kappa shape index (κ2) is 7.09. The molecule has 0 spiro atoms. The summed E-state index contributed by atoms with van der Waals surface area (Å²) in [4.78, 5) is 0. The zero-order valence-electron chi connectivity index (χ0n) is 11.5. The number of nitrogens with one attached hydrogen (secondary N) is 1. The van der Waals surface area contributed by atoms with E-state index in [0.717, 1.165) is 0 Å². The molecule has 5 heteroatoms. The highest BCUT2D eigenvalue weighted by Gasteiger charge is 2.21. The number of halogens is 4. The van der Waals surface area contributed by atoms with E-state index < -0.39 is 23.5 Å². The molecule has 2 aromatic rings. The first-order valence-electron chi connectivity index (χ1n) is 6.64. The number of rotatable bonds is 5. The van der Waals surface area contributed by atoms with Crippen LogP contribution in [0.5, 0.6) is 0 Å². The second-order valence-corrected chi connectivity index (χ2v) is 5.60. The summed E-state index contributed by atoms with van der Waals surface area (Å²) in [6.07, 6.45) is 0.171. The van der Waals surface area contributed by atoms with Crippen LogP contribution in [0.25, 0.3) is 0 Å². The average molecular weight is 358 g/mol. The van der Waals surface area contributed by atoms with E-state index in [1.165, 1.54) is 24.3 Å². The van der Waals surface area contributed by atoms with Crippen molar-refractivity contribution in [1.82, 2.24) is 5.32 Å². The van der Waals surface area contributed by atoms with Crippen LogP contribution in [0, 0.1) is 17.5 Å². The van der Waals surface area contributed by atoms with Gasteiger partial charge in [-0.2, -0.15) is 0 Å². The molecule has 0 aliphatic rings. The van der Waals surface area contributed by atoms with Gasteiger partial charge in [0.15, 0.2) is 0 Å². The fraction of sp³-hybridized carbons (Fsp3) is 0.250. The molecule has 1 unspecified atom stereocenters. The Bertz CT molecular complexity index is 611. The van der Waals surface area contributed by atoms with Crippen LogP contribution in [-0.2, 0) is 6.42 Å². The highest BCUT2D eigenvalue weighted by atomic mass is 79.9. The van der Waals surface area contributed by atoms with Crippen molar-refractivity contribution < 1.29 is 13.2 Å². The molecule has 0 saturated heterocycles. The van der Waals surface area contributed by atoms with Crippen molar-refractivity contribution in [3.8, 4) is 0 Å². The summed E-state index contributed by atoms with van der Waals surface area (Å²) < 4.78 is 42.4. The Balaban J connectivity index is 2.35. The molecular formula is C16H15BrF3N. The molecule has 2 aromatic carbocycles. The summed E-state index contributed by atoms with van der Waals surface area (Å²) in [5, 5.41) is 3.01. The molecule has 0 fully saturated rings. The van der Waals surface area contributed by atoms with E-state index in [4.69, 9.17) is 0 Å². The smallest absolute Gasteiger partial charge is 0.130 e. The normalized spacial score (nSPS) is 12.4. The average Bonchev–Trinajstić information content (AvgIpc) is 2.41. The van der Waals surface area contributed by atoms with Gasteiger partial charge in [0, 0.05) is 16.1 Å². The number of likely N-dealkylation sites (N-methyl/N-ethyl adjacent to an activating group) is 1. The lowest BCUT2D eigenvalue weighted by molar-refractivity contribution is 0.466. The Kier molecular flexibility index (Phi) is 5.42. The standard InChI is InChI=1S/C16H15BrF3N/c1-2-21-15(16-12(18)4-3-5-13(16)19)8-10-6-7-11(17)9-14(10)20/h3-7,9,15,21H,2,8H2,1H3. The Morgan fingerprint density at radius 2 is 1.71 bits per heavy atom. The summed E-state index contributed by atoms with van der Waals surface area (Å²) in [7, 11) is 0. The van der Waals surface area contributed by atoms with Crippen LogP contribution in [0.15, 0.2) is 40.9 Å². The van der Waals surface area contributed by atoms with Gasteiger partial charge in [-0.25, -0.2) is 13.2 Å². The fourth-order valence-corrected chi connectivity index (χ4v) is 2.61. The van der Waals surface area contributed by atoms with Gasteiger partial charge in [-0.1, -0.05) is 35.0 Å². The van der Waals surface area contributed by atoms with Crippen LogP contribution in [0.4, 0.5) is 13.2 Å². The minimum absolute atomic E-state index is 0.0540. The van der Waals surface area contributed by atoms with Crippen LogP contribution in [0.2, 0.25) is 0 Å². The molecule has 0 bridgehead atoms. The SMILES string of the molecule is CCNC(Cc1ccc(Br)cc1F)c1c(F)cccc1F. The molecule has 0 aromatic heterocycles. The fourth-order valence-electron chi connectivity index (χ4n) is 2.27. The predicted molar refractivity (Wildman–Crippen MR) is 80.6 cm³/mol. The second-order valence-electron chi connectivity index (χ2n) is 4.69. The third kappa shape index (κ3) is 3.86. The van der Waals surface area contributed by atoms with Gasteiger partial charge in [0.25, 0.3) is 0 Å². The Labute approximate surface area is 130 Å². The molecule has 0 aliphatic heterocycles. The molecule has 0 radical (unpaired) electrons. The largest absolute Gasteiger partial charge is 0.310 e. The van der Waals surface area contributed by atoms with E-state index in [-0.39, 0.29) is 12.0 Å². The maximum Gasteiger partial charge on any atom is 0.130 e. The van der Waals surface area contributed by atoms with Gasteiger partial charge in [-0.05, 0) is 42.8 Å². The van der Waals surface area contributed by atoms with Crippen LogP contribution in [0.3, 0.4) is 0 Å². The summed E-state index contributed by atoms with van der Waals surface area (Å²) in [5.41, 5.74) is 0.355. The number of benzene rings is 2. The predicted octanol–water partition coefficient (Wildman–Crippen LogP) is 4.76. The Morgan fingerprint density at radius 1 is 1.05 bits per heavy atom. The lowest BCUT2D eigenvalue weighted by atomic mass is 9.97. The Morgan fingerprint density at radius 3 is 2.29 bits per heavy atom. The molecule has 2 rings (SSSR count). The molecule has 0 heterocycles. The summed E-state index contributed by atoms with van der Waals surface area (Å²) in [6.45, 7) is 2.36. The van der Waals surface area contributed by atoms with Gasteiger partial charge in [-0.3, -0.25) is 0 Å². The van der Waals surface area contributed by atoms with E-state index in [9.17, 15) is 13.2 Å². The van der Waals surface area contributed by atoms with Gasteiger partial charge < -0.3 is 5.32 Å². The van der Waals surface area contributed by atoms with Crippen molar-refractivity contribution in [3.05, 3.63) is 69.4 Å². The lowest BCUT2D eigenvalue weighted by Gasteiger charge is -2.20. The van der Waals surface area contributed by atoms with Gasteiger partial charge in [-0.15, -0.1) is 0 Å². The number of hydrogen-bond donors (Lipinski definition) is 1. The van der Waals surface area contributed by atoms with Crippen LogP contribution in [-0.4, -0.2) is 6.54 Å². The highest BCUT2D eigenvalue weighted by molar-refractivity contribution is 9.10. The van der Waals surface area contributed by atoms with Crippen molar-refractivity contribution in [2.24, 2.45) is 0 Å². The monoisotopic (exact) mass is 357 g/mol. The molecule has 1 N–H and O–H groups in total. The van der Waals surface area contributed by atoms with Crippen molar-refractivity contribution in [3.63, 3.8) is 0 Å². The van der Waals surface area contributed by atoms with Crippen LogP contribution >= 0.6 is 15.9 Å². The third-order valence-corrected chi connectivity index (χ3v) is 3.73. The molecule has 112 valence electrons. The van der Waals surface area contributed by atoms with E-state index in [1.54, 1.807) is 12.1 Å². The van der Waals surface area contributed by atoms with Gasteiger partial charge in [0.05, 0.1) is 0 Å². The molecule has 21 heavy (non-hydrogen) atoms. The van der Waals surface area contributed by atoms with E-state index in [1.807, 2.05) is 6.92 Å². The summed E-state index contributed by atoms with van der Waals surface area (Å²) >= 11 is 3.19. The van der Waals surface area contributed by atoms with Gasteiger partial charge >= 0.3 is 0 Å². The topological polar surface area (TPSA) is 12.0 Å². The minimum atomic E-state index is -0.626. The molecule has 1 atom stereocenters. The zero-order chi connectivity index (χ0) is 15.4. The van der Waals surface area contributed by atoms with Crippen molar-refractivity contribution in [2.45, 2.75) is 19.4 Å². The van der Waals surface area contributed by atoms with E-state index in [0.29, 0.717) is 16.6 Å². The van der Waals surface area contributed by atoms with Crippen LogP contribution < -0.4 is 5.32 Å². The summed E-state index contributed by atoms with van der Waals surface area (Å²) in [6, 6.07) is 7.78. The van der Waals surface area contributed by atoms with Crippen molar-refractivity contribution in [2.75, 3.05) is 6.54 Å². The quantitative estimate of drug-likeness (QED) is 0.813. The molecular weight excluding hydrogens is 343 g/mol. The van der Waals surface area contributed by atoms with E-state index >= 15 is 0 Å². The van der Waals surface area contributed by atoms with Crippen molar-refractivity contribution in [1.29, 1.82) is 0 Å². The maximum absolute atomic E-state index is 13.9. The minimum Gasteiger partial charge on any atom is -0.310 e.